The molecule has 8 heteroatoms. The summed E-state index contributed by atoms with van der Waals surface area (Å²) in [7, 11) is 0. The number of hydrogen-bond donors (Lipinski definition) is 1. The summed E-state index contributed by atoms with van der Waals surface area (Å²) in [6, 6.07) is 20.4. The van der Waals surface area contributed by atoms with E-state index in [-0.39, 0.29) is 10.7 Å². The molecule has 0 saturated carbocycles. The number of benzene rings is 3. The van der Waals surface area contributed by atoms with E-state index >= 15 is 0 Å². The third kappa shape index (κ3) is 5.03. The van der Waals surface area contributed by atoms with Gasteiger partial charge in [-0.2, -0.15) is 0 Å². The van der Waals surface area contributed by atoms with Crippen LogP contribution in [0.5, 0.6) is 5.75 Å². The van der Waals surface area contributed by atoms with E-state index in [1.54, 1.807) is 24.3 Å². The zero-order valence-corrected chi connectivity index (χ0v) is 19.5. The van der Waals surface area contributed by atoms with Crippen LogP contribution in [0, 0.1) is 9.39 Å². The molecule has 5 nitrogen and oxygen atoms in total. The average Bonchev–Trinajstić information content (AvgIpc) is 2.78. The molecule has 1 aliphatic heterocycles. The molecule has 0 atom stereocenters. The van der Waals surface area contributed by atoms with Crippen LogP contribution in [0.15, 0.2) is 78.4 Å². The van der Waals surface area contributed by atoms with Gasteiger partial charge >= 0.3 is 0 Å². The minimum atomic E-state index is -0.586. The second-order valence-corrected chi connectivity index (χ2v) is 8.55. The van der Waals surface area contributed by atoms with Gasteiger partial charge in [0.05, 0.1) is 5.69 Å². The molecule has 0 aliphatic carbocycles. The first-order valence-corrected chi connectivity index (χ1v) is 11.0. The van der Waals surface area contributed by atoms with Gasteiger partial charge in [-0.05, 0) is 101 Å². The van der Waals surface area contributed by atoms with Crippen LogP contribution >= 0.6 is 34.8 Å². The number of nitrogens with one attached hydrogen (secondary N) is 1. The van der Waals surface area contributed by atoms with Crippen molar-refractivity contribution in [2.24, 2.45) is 0 Å². The van der Waals surface area contributed by atoms with Crippen molar-refractivity contribution in [3.63, 3.8) is 0 Å². The molecule has 0 unspecified atom stereocenters. The van der Waals surface area contributed by atoms with Crippen molar-refractivity contribution >= 4 is 63.5 Å². The van der Waals surface area contributed by atoms with Gasteiger partial charge in [0.2, 0.25) is 0 Å². The Morgan fingerprint density at radius 1 is 0.969 bits per heavy atom. The second-order valence-electron chi connectivity index (χ2n) is 6.92. The Hall–Kier alpha value is -3.11. The number of ether oxygens (including phenoxy) is 1. The van der Waals surface area contributed by atoms with Gasteiger partial charge in [0.15, 0.2) is 5.11 Å². The molecule has 3 aromatic carbocycles. The molecule has 0 bridgehead atoms. The van der Waals surface area contributed by atoms with E-state index in [2.05, 4.69) is 27.9 Å². The van der Waals surface area contributed by atoms with Crippen molar-refractivity contribution in [3.8, 4) is 5.75 Å². The molecule has 1 heterocycles. The van der Waals surface area contributed by atoms with Crippen molar-refractivity contribution in [1.29, 1.82) is 0 Å². The number of anilines is 1. The smallest absolute Gasteiger partial charge is 0.270 e. The fraction of sp³-hybridized carbons (Fsp3) is 0.0417. The molecular formula is C24H16FIN2O3S. The lowest BCUT2D eigenvalue weighted by Gasteiger charge is -2.28. The summed E-state index contributed by atoms with van der Waals surface area (Å²) in [6.07, 6.45) is 1.48. The lowest BCUT2D eigenvalue weighted by Crippen LogP contribution is -2.54. The zero-order valence-electron chi connectivity index (χ0n) is 16.5. The highest BCUT2D eigenvalue weighted by atomic mass is 127. The molecule has 4 rings (SSSR count). The molecular weight excluding hydrogens is 542 g/mol. The van der Waals surface area contributed by atoms with Crippen LogP contribution in [0.2, 0.25) is 0 Å². The second kappa shape index (κ2) is 9.58. The first-order valence-electron chi connectivity index (χ1n) is 9.55. The number of carbonyl (C=O) groups excluding carboxylic acids is 2. The van der Waals surface area contributed by atoms with Crippen molar-refractivity contribution < 1.29 is 18.7 Å². The van der Waals surface area contributed by atoms with Gasteiger partial charge in [-0.15, -0.1) is 0 Å². The van der Waals surface area contributed by atoms with E-state index in [0.717, 1.165) is 9.13 Å². The van der Waals surface area contributed by atoms with Crippen molar-refractivity contribution in [1.82, 2.24) is 5.32 Å². The minimum absolute atomic E-state index is 0.0527. The Bertz CT molecular complexity index is 1210. The van der Waals surface area contributed by atoms with E-state index in [1.165, 1.54) is 35.2 Å². The quantitative estimate of drug-likeness (QED) is 0.211. The molecule has 0 aromatic heterocycles. The topological polar surface area (TPSA) is 58.6 Å². The van der Waals surface area contributed by atoms with Gasteiger partial charge in [-0.25, -0.2) is 4.39 Å². The highest BCUT2D eigenvalue weighted by Gasteiger charge is 2.34. The van der Waals surface area contributed by atoms with E-state index < -0.39 is 17.6 Å². The van der Waals surface area contributed by atoms with Gasteiger partial charge in [0, 0.05) is 3.57 Å². The minimum Gasteiger partial charge on any atom is -0.489 e. The molecule has 1 N–H and O–H groups in total. The Labute approximate surface area is 203 Å². The Kier molecular flexibility index (Phi) is 6.61. The Morgan fingerprint density at radius 3 is 2.28 bits per heavy atom. The number of hydrogen-bond acceptors (Lipinski definition) is 4. The third-order valence-electron chi connectivity index (χ3n) is 4.70. The fourth-order valence-corrected chi connectivity index (χ4v) is 3.70. The maximum Gasteiger partial charge on any atom is 0.270 e. The number of carbonyl (C=O) groups is 2. The molecule has 1 fully saturated rings. The van der Waals surface area contributed by atoms with E-state index in [1.807, 2.05) is 24.3 Å². The number of amides is 2. The average molecular weight is 558 g/mol. The van der Waals surface area contributed by atoms with Gasteiger partial charge in [-0.1, -0.05) is 24.3 Å². The summed E-state index contributed by atoms with van der Waals surface area (Å²) in [5.74, 6) is -0.936. The Morgan fingerprint density at radius 2 is 1.62 bits per heavy atom. The molecule has 0 spiro atoms. The fourth-order valence-electron chi connectivity index (χ4n) is 3.06. The van der Waals surface area contributed by atoms with Crippen molar-refractivity contribution in [3.05, 3.63) is 98.9 Å². The summed E-state index contributed by atoms with van der Waals surface area (Å²) in [5.41, 5.74) is 2.00. The number of nitrogens with zero attached hydrogens (tertiary/aromatic N) is 1. The number of rotatable bonds is 5. The van der Waals surface area contributed by atoms with Gasteiger partial charge in [-0.3, -0.25) is 19.8 Å². The van der Waals surface area contributed by atoms with Crippen LogP contribution in [0.1, 0.15) is 11.1 Å². The predicted molar refractivity (Wildman–Crippen MR) is 133 cm³/mol. The van der Waals surface area contributed by atoms with Crippen LogP contribution in [-0.4, -0.2) is 16.9 Å². The summed E-state index contributed by atoms with van der Waals surface area (Å²) in [5, 5.41) is 2.45. The van der Waals surface area contributed by atoms with Crippen molar-refractivity contribution in [2.45, 2.75) is 6.61 Å². The SMILES string of the molecule is O=C1NC(=S)N(c2ccc(F)cc2)C(=O)/C1=C\c1ccc(OCc2ccc(I)cc2)cc1. The maximum atomic E-state index is 13.2. The molecule has 160 valence electrons. The van der Waals surface area contributed by atoms with Crippen LogP contribution in [0.25, 0.3) is 6.08 Å². The number of thiocarbonyl (C=S) groups is 1. The lowest BCUT2D eigenvalue weighted by atomic mass is 10.1. The lowest BCUT2D eigenvalue weighted by molar-refractivity contribution is -0.122. The first kappa shape index (κ1) is 22.1. The normalized spacial score (nSPS) is 15.1. The van der Waals surface area contributed by atoms with Crippen LogP contribution in [0.3, 0.4) is 0 Å². The van der Waals surface area contributed by atoms with E-state index in [4.69, 9.17) is 17.0 Å². The van der Waals surface area contributed by atoms with E-state index in [0.29, 0.717) is 23.6 Å². The predicted octanol–water partition coefficient (Wildman–Crippen LogP) is 4.84. The molecule has 1 saturated heterocycles. The monoisotopic (exact) mass is 558 g/mol. The first-order chi connectivity index (χ1) is 15.4. The molecule has 2 amide bonds. The van der Waals surface area contributed by atoms with Gasteiger partial charge in [0.1, 0.15) is 23.7 Å². The Balaban J connectivity index is 1.50. The highest BCUT2D eigenvalue weighted by Crippen LogP contribution is 2.23. The van der Waals surface area contributed by atoms with E-state index in [9.17, 15) is 14.0 Å². The summed E-state index contributed by atoms with van der Waals surface area (Å²) < 4.78 is 20.2. The van der Waals surface area contributed by atoms with Crippen molar-refractivity contribution in [2.75, 3.05) is 4.90 Å². The summed E-state index contributed by atoms with van der Waals surface area (Å²) >= 11 is 7.39. The molecule has 1 aliphatic rings. The van der Waals surface area contributed by atoms with Crippen LogP contribution < -0.4 is 15.0 Å². The summed E-state index contributed by atoms with van der Waals surface area (Å²) in [4.78, 5) is 26.5. The molecule has 32 heavy (non-hydrogen) atoms. The maximum absolute atomic E-state index is 13.2. The molecule has 3 aromatic rings. The third-order valence-corrected chi connectivity index (χ3v) is 5.70. The van der Waals surface area contributed by atoms with Crippen LogP contribution in [0.4, 0.5) is 10.1 Å². The summed E-state index contributed by atoms with van der Waals surface area (Å²) in [6.45, 7) is 0.433. The number of halogens is 2. The van der Waals surface area contributed by atoms with Gasteiger partial charge < -0.3 is 4.74 Å². The standard InChI is InChI=1S/C24H16FIN2O3S/c25-17-5-9-19(10-6-17)28-23(30)21(22(29)27-24(28)32)13-15-3-11-20(12-4-15)31-14-16-1-7-18(26)8-2-16/h1-13H,14H2,(H,27,29,32)/b21-13-. The molecule has 0 radical (unpaired) electrons. The van der Waals surface area contributed by atoms with Gasteiger partial charge in [0.25, 0.3) is 11.8 Å². The van der Waals surface area contributed by atoms with Crippen LogP contribution in [-0.2, 0) is 16.2 Å². The largest absolute Gasteiger partial charge is 0.489 e. The highest BCUT2D eigenvalue weighted by molar-refractivity contribution is 14.1. The zero-order chi connectivity index (χ0) is 22.7.